The van der Waals surface area contributed by atoms with Crippen LogP contribution in [0.1, 0.15) is 128 Å². The van der Waals surface area contributed by atoms with Gasteiger partial charge in [0.1, 0.15) is 25.0 Å². The summed E-state index contributed by atoms with van der Waals surface area (Å²) < 4.78 is 12.6. The minimum atomic E-state index is -0.122. The van der Waals surface area contributed by atoms with Gasteiger partial charge in [-0.15, -0.1) is 0 Å². The number of rotatable bonds is 25. The molecule has 0 amide bonds. The van der Waals surface area contributed by atoms with E-state index in [1.54, 1.807) is 0 Å². The molecule has 2 rings (SSSR count). The maximum absolute atomic E-state index is 12.3. The quantitative estimate of drug-likeness (QED) is 0.0666. The van der Waals surface area contributed by atoms with E-state index in [0.29, 0.717) is 13.0 Å². The molecule has 0 spiro atoms. The Kier molecular flexibility index (Phi) is 19.0. The lowest BCUT2D eigenvalue weighted by atomic mass is 10.0. The summed E-state index contributed by atoms with van der Waals surface area (Å²) >= 11 is 0. The van der Waals surface area contributed by atoms with Crippen molar-refractivity contribution in [3.8, 4) is 5.75 Å². The minimum absolute atomic E-state index is 0.113. The van der Waals surface area contributed by atoms with Crippen LogP contribution in [0.2, 0.25) is 0 Å². The van der Waals surface area contributed by atoms with Crippen molar-refractivity contribution in [3.63, 3.8) is 0 Å². The molecule has 1 atom stereocenters. The highest BCUT2D eigenvalue weighted by molar-refractivity contribution is 5.69. The molecule has 0 fully saturated rings. The smallest absolute Gasteiger partial charge is 0.305 e. The molecule has 0 N–H and O–H groups in total. The second-order valence-corrected chi connectivity index (χ2v) is 12.9. The monoisotopic (exact) mass is 580 g/mol. The number of carbonyl (C=O) groups excluding carboxylic acids is 1. The molecule has 42 heavy (non-hydrogen) atoms. The van der Waals surface area contributed by atoms with Crippen molar-refractivity contribution in [2.45, 2.75) is 136 Å². The third-order valence-electron chi connectivity index (χ3n) is 8.28. The molecule has 2 aromatic carbocycles. The van der Waals surface area contributed by atoms with E-state index in [0.717, 1.165) is 49.0 Å². The molecule has 0 saturated heterocycles. The zero-order chi connectivity index (χ0) is 30.3. The molecule has 2 aromatic rings. The fourth-order valence-corrected chi connectivity index (χ4v) is 5.56. The van der Waals surface area contributed by atoms with Crippen LogP contribution in [0.25, 0.3) is 0 Å². The van der Waals surface area contributed by atoms with Crippen LogP contribution in [0.15, 0.2) is 54.6 Å². The van der Waals surface area contributed by atoms with Crippen molar-refractivity contribution in [2.24, 2.45) is 0 Å². The Labute approximate surface area is 258 Å². The highest BCUT2D eigenvalue weighted by atomic mass is 16.6. The molecule has 0 aromatic heterocycles. The van der Waals surface area contributed by atoms with Gasteiger partial charge in [0.25, 0.3) is 0 Å². The first-order chi connectivity index (χ1) is 20.4. The fraction of sp³-hybridized carbons (Fsp3) is 0.658. The summed E-state index contributed by atoms with van der Waals surface area (Å²) in [6.45, 7) is 6.71. The number of quaternary nitrogens is 1. The normalized spacial score (nSPS) is 12.3. The molecular weight excluding hydrogens is 518 g/mol. The van der Waals surface area contributed by atoms with Gasteiger partial charge in [-0.2, -0.15) is 0 Å². The van der Waals surface area contributed by atoms with E-state index in [9.17, 15) is 4.79 Å². The summed E-state index contributed by atoms with van der Waals surface area (Å²) in [5.41, 5.74) is 2.72. The van der Waals surface area contributed by atoms with Crippen molar-refractivity contribution >= 4 is 5.97 Å². The van der Waals surface area contributed by atoms with E-state index in [2.05, 4.69) is 82.5 Å². The summed E-state index contributed by atoms with van der Waals surface area (Å²) in [6, 6.07) is 19.1. The van der Waals surface area contributed by atoms with Crippen molar-refractivity contribution in [1.29, 1.82) is 0 Å². The van der Waals surface area contributed by atoms with Crippen molar-refractivity contribution < 1.29 is 18.8 Å². The van der Waals surface area contributed by atoms with Crippen molar-refractivity contribution in [1.82, 2.24) is 0 Å². The van der Waals surface area contributed by atoms with Gasteiger partial charge in [0.15, 0.2) is 0 Å². The predicted octanol–water partition coefficient (Wildman–Crippen LogP) is 10.1. The van der Waals surface area contributed by atoms with Gasteiger partial charge >= 0.3 is 5.97 Å². The summed E-state index contributed by atoms with van der Waals surface area (Å²) in [5.74, 6) is 0.734. The standard InChI is InChI=1S/C38H62NO3/c1-5-7-8-9-10-11-12-13-14-15-16-18-23-34-27-29-37(30-28-34)42-36(6-2)33-41-38(40)26-21-22-31-39(3,4)32-35-24-19-17-20-25-35/h17,19-20,24-25,27-30,36H,5-16,18,21-23,26,31-33H2,1-4H3/q+1. The Bertz CT molecular complexity index is 925. The molecule has 236 valence electrons. The van der Waals surface area contributed by atoms with Crippen LogP contribution < -0.4 is 4.74 Å². The van der Waals surface area contributed by atoms with Gasteiger partial charge in [0, 0.05) is 12.0 Å². The number of benzene rings is 2. The Morgan fingerprint density at radius 2 is 1.29 bits per heavy atom. The van der Waals surface area contributed by atoms with Gasteiger partial charge in [-0.05, 0) is 49.8 Å². The molecule has 0 bridgehead atoms. The van der Waals surface area contributed by atoms with E-state index in [4.69, 9.17) is 9.47 Å². The number of ether oxygens (including phenoxy) is 2. The Balaban J connectivity index is 1.52. The predicted molar refractivity (Wildman–Crippen MR) is 178 cm³/mol. The first kappa shape index (κ1) is 35.9. The molecule has 0 saturated carbocycles. The summed E-state index contributed by atoms with van der Waals surface area (Å²) in [6.07, 6.45) is 20.8. The van der Waals surface area contributed by atoms with Crippen LogP contribution in [0.5, 0.6) is 5.75 Å². The number of nitrogens with zero attached hydrogens (tertiary/aromatic N) is 1. The van der Waals surface area contributed by atoms with E-state index in [-0.39, 0.29) is 12.1 Å². The van der Waals surface area contributed by atoms with Gasteiger partial charge in [0.05, 0.1) is 20.6 Å². The Hall–Kier alpha value is -2.33. The second-order valence-electron chi connectivity index (χ2n) is 12.9. The van der Waals surface area contributed by atoms with Crippen molar-refractivity contribution in [3.05, 3.63) is 65.7 Å². The lowest BCUT2D eigenvalue weighted by Crippen LogP contribution is -2.39. The average Bonchev–Trinajstić information content (AvgIpc) is 2.99. The van der Waals surface area contributed by atoms with E-state index in [1.807, 2.05) is 0 Å². The number of hydrogen-bond acceptors (Lipinski definition) is 3. The lowest BCUT2D eigenvalue weighted by Gasteiger charge is -2.30. The molecule has 0 radical (unpaired) electrons. The van der Waals surface area contributed by atoms with Crippen LogP contribution in [-0.4, -0.2) is 43.8 Å². The Morgan fingerprint density at radius 1 is 0.690 bits per heavy atom. The zero-order valence-electron chi connectivity index (χ0n) is 27.6. The second kappa shape index (κ2) is 22.2. The average molecular weight is 581 g/mol. The van der Waals surface area contributed by atoms with E-state index in [1.165, 1.54) is 88.2 Å². The molecule has 4 heteroatoms. The van der Waals surface area contributed by atoms with Crippen LogP contribution in [0, 0.1) is 0 Å². The minimum Gasteiger partial charge on any atom is -0.487 e. The van der Waals surface area contributed by atoms with Gasteiger partial charge in [-0.1, -0.05) is 127 Å². The van der Waals surface area contributed by atoms with Gasteiger partial charge < -0.3 is 14.0 Å². The molecule has 0 aliphatic carbocycles. The van der Waals surface area contributed by atoms with Crippen LogP contribution in [0.3, 0.4) is 0 Å². The third kappa shape index (κ3) is 17.6. The molecule has 1 unspecified atom stereocenters. The van der Waals surface area contributed by atoms with Crippen LogP contribution >= 0.6 is 0 Å². The number of hydrogen-bond donors (Lipinski definition) is 0. The molecule has 0 aliphatic rings. The first-order valence-electron chi connectivity index (χ1n) is 17.2. The van der Waals surface area contributed by atoms with Crippen molar-refractivity contribution in [2.75, 3.05) is 27.2 Å². The highest BCUT2D eigenvalue weighted by Crippen LogP contribution is 2.18. The largest absolute Gasteiger partial charge is 0.487 e. The van der Waals surface area contributed by atoms with Gasteiger partial charge in [-0.25, -0.2) is 0 Å². The van der Waals surface area contributed by atoms with E-state index < -0.39 is 0 Å². The number of esters is 1. The molecular formula is C38H62NO3+. The summed E-state index contributed by atoms with van der Waals surface area (Å²) in [7, 11) is 4.50. The number of carbonyl (C=O) groups is 1. The highest BCUT2D eigenvalue weighted by Gasteiger charge is 2.16. The number of aryl methyl sites for hydroxylation is 1. The maximum atomic E-state index is 12.3. The van der Waals surface area contributed by atoms with Gasteiger partial charge in [-0.3, -0.25) is 4.79 Å². The van der Waals surface area contributed by atoms with E-state index >= 15 is 0 Å². The first-order valence-corrected chi connectivity index (χ1v) is 17.2. The lowest BCUT2D eigenvalue weighted by molar-refractivity contribution is -0.903. The fourth-order valence-electron chi connectivity index (χ4n) is 5.56. The Morgan fingerprint density at radius 3 is 1.88 bits per heavy atom. The molecule has 4 nitrogen and oxygen atoms in total. The van der Waals surface area contributed by atoms with Crippen LogP contribution in [-0.2, 0) is 22.5 Å². The molecule has 0 heterocycles. The zero-order valence-corrected chi connectivity index (χ0v) is 27.6. The number of unbranched alkanes of at least 4 members (excludes halogenated alkanes) is 12. The SMILES string of the molecule is CCCCCCCCCCCCCCc1ccc(OC(CC)COC(=O)CCCC[N+](C)(C)Cc2ccccc2)cc1. The maximum Gasteiger partial charge on any atom is 0.305 e. The van der Waals surface area contributed by atoms with Crippen LogP contribution in [0.4, 0.5) is 0 Å². The molecule has 0 aliphatic heterocycles. The van der Waals surface area contributed by atoms with Gasteiger partial charge in [0.2, 0.25) is 0 Å². The summed E-state index contributed by atoms with van der Waals surface area (Å²) in [5, 5.41) is 0. The topological polar surface area (TPSA) is 35.5 Å². The summed E-state index contributed by atoms with van der Waals surface area (Å²) in [4.78, 5) is 12.3. The third-order valence-corrected chi connectivity index (χ3v) is 8.28.